The van der Waals surface area contributed by atoms with E-state index in [2.05, 4.69) is 10.2 Å². The molecule has 0 radical (unpaired) electrons. The van der Waals surface area contributed by atoms with Gasteiger partial charge in [-0.05, 0) is 50.8 Å². The topological polar surface area (TPSA) is 99.9 Å². The van der Waals surface area contributed by atoms with Crippen LogP contribution in [0.25, 0.3) is 11.0 Å². The summed E-state index contributed by atoms with van der Waals surface area (Å²) in [5.41, 5.74) is 0.974. The number of likely N-dealkylation sites (tertiary alicyclic amines) is 1. The molecule has 0 spiro atoms. The number of carboxylic acid groups (broad SMARTS) is 1. The number of hydrogen-bond donors (Lipinski definition) is 2. The van der Waals surface area contributed by atoms with E-state index in [0.717, 1.165) is 19.4 Å². The molecule has 1 aliphatic rings. The summed E-state index contributed by atoms with van der Waals surface area (Å²) in [5.74, 6) is -0.798. The third-order valence-corrected chi connectivity index (χ3v) is 5.41. The number of fused-ring (bicyclic) bond motifs is 1. The van der Waals surface area contributed by atoms with Crippen molar-refractivity contribution in [2.45, 2.75) is 45.6 Å². The molecule has 3 rings (SSSR count). The molecule has 7 nitrogen and oxygen atoms in total. The number of piperidine rings is 1. The van der Waals surface area contributed by atoms with Crippen LogP contribution in [0.4, 0.5) is 5.69 Å². The first kappa shape index (κ1) is 20.1. The number of benzene rings is 1. The van der Waals surface area contributed by atoms with Crippen molar-refractivity contribution >= 4 is 34.3 Å². The molecule has 150 valence electrons. The highest BCUT2D eigenvalue weighted by Crippen LogP contribution is 2.31. The number of hydrogen-bond acceptors (Lipinski definition) is 5. The number of amides is 1. The van der Waals surface area contributed by atoms with Gasteiger partial charge in [0.1, 0.15) is 5.58 Å². The van der Waals surface area contributed by atoms with Crippen LogP contribution >= 0.6 is 0 Å². The van der Waals surface area contributed by atoms with Gasteiger partial charge in [0.25, 0.3) is 0 Å². The number of anilines is 1. The van der Waals surface area contributed by atoms with Gasteiger partial charge in [0.15, 0.2) is 11.5 Å². The number of rotatable bonds is 7. The fourth-order valence-electron chi connectivity index (χ4n) is 3.82. The maximum absolute atomic E-state index is 12.9. The summed E-state index contributed by atoms with van der Waals surface area (Å²) < 4.78 is 5.62. The van der Waals surface area contributed by atoms with E-state index < -0.39 is 5.97 Å². The van der Waals surface area contributed by atoms with Crippen LogP contribution in [0.15, 0.2) is 28.7 Å². The normalized spacial score (nSPS) is 18.7. The third-order valence-electron chi connectivity index (χ3n) is 5.41. The van der Waals surface area contributed by atoms with Crippen LogP contribution in [-0.4, -0.2) is 46.8 Å². The van der Waals surface area contributed by atoms with Gasteiger partial charge in [-0.3, -0.25) is 19.3 Å². The van der Waals surface area contributed by atoms with Crippen molar-refractivity contribution in [3.05, 3.63) is 30.0 Å². The van der Waals surface area contributed by atoms with Crippen LogP contribution < -0.4 is 5.32 Å². The molecule has 1 aromatic carbocycles. The van der Waals surface area contributed by atoms with Gasteiger partial charge in [-0.15, -0.1) is 0 Å². The zero-order chi connectivity index (χ0) is 20.3. The van der Waals surface area contributed by atoms with Crippen LogP contribution in [0.3, 0.4) is 0 Å². The molecule has 1 saturated heterocycles. The van der Waals surface area contributed by atoms with Crippen molar-refractivity contribution in [2.24, 2.45) is 5.92 Å². The Hall–Kier alpha value is -2.67. The standard InChI is InChI=1S/C21H26N2O5/c1-13(23-11-5-6-15(12-23)9-10-18(25)26)21(27)22-19-16-7-3-4-8-17(16)28-20(19)14(2)24/h3-4,7-8,13,15H,5-6,9-12H2,1-2H3,(H,22,27)(H,25,26). The van der Waals surface area contributed by atoms with Gasteiger partial charge in [0.05, 0.1) is 11.7 Å². The van der Waals surface area contributed by atoms with Crippen LogP contribution in [0.1, 0.15) is 50.1 Å². The maximum Gasteiger partial charge on any atom is 0.303 e. The minimum atomic E-state index is -0.786. The Morgan fingerprint density at radius 3 is 2.79 bits per heavy atom. The lowest BCUT2D eigenvalue weighted by molar-refractivity contribution is -0.137. The number of Topliss-reactive ketones (excluding diaryl/α,β-unsaturated/α-hetero) is 1. The Labute approximate surface area is 163 Å². The highest BCUT2D eigenvalue weighted by Gasteiger charge is 2.29. The number of para-hydroxylation sites is 1. The molecule has 2 atom stereocenters. The highest BCUT2D eigenvalue weighted by molar-refractivity contribution is 6.11. The lowest BCUT2D eigenvalue weighted by Crippen LogP contribution is -2.47. The van der Waals surface area contributed by atoms with Crippen LogP contribution in [0.2, 0.25) is 0 Å². The van der Waals surface area contributed by atoms with Crippen molar-refractivity contribution in [3.8, 4) is 0 Å². The van der Waals surface area contributed by atoms with Crippen molar-refractivity contribution in [1.82, 2.24) is 4.90 Å². The first-order valence-electron chi connectivity index (χ1n) is 9.66. The smallest absolute Gasteiger partial charge is 0.303 e. The zero-order valence-electron chi connectivity index (χ0n) is 16.2. The highest BCUT2D eigenvalue weighted by atomic mass is 16.4. The number of nitrogens with one attached hydrogen (secondary N) is 1. The summed E-state index contributed by atoms with van der Waals surface area (Å²) in [6.45, 7) is 4.75. The van der Waals surface area contributed by atoms with Gasteiger partial charge >= 0.3 is 5.97 Å². The molecule has 7 heteroatoms. The molecule has 1 aliphatic heterocycles. The first-order chi connectivity index (χ1) is 13.4. The summed E-state index contributed by atoms with van der Waals surface area (Å²) in [4.78, 5) is 37.8. The van der Waals surface area contributed by atoms with E-state index in [9.17, 15) is 14.4 Å². The van der Waals surface area contributed by atoms with Gasteiger partial charge in [-0.2, -0.15) is 0 Å². The van der Waals surface area contributed by atoms with E-state index >= 15 is 0 Å². The molecule has 1 fully saturated rings. The molecular formula is C21H26N2O5. The van der Waals surface area contributed by atoms with E-state index in [-0.39, 0.29) is 35.8 Å². The summed E-state index contributed by atoms with van der Waals surface area (Å²) >= 11 is 0. The quantitative estimate of drug-likeness (QED) is 0.706. The second-order valence-electron chi connectivity index (χ2n) is 7.46. The molecule has 2 aromatic rings. The monoisotopic (exact) mass is 386 g/mol. The number of carbonyl (C=O) groups excluding carboxylic acids is 2. The van der Waals surface area contributed by atoms with Crippen LogP contribution in [0.5, 0.6) is 0 Å². The second kappa shape index (κ2) is 8.56. The SMILES string of the molecule is CC(=O)c1oc2ccccc2c1NC(=O)C(C)N1CCCC(CCC(=O)O)C1. The third kappa shape index (κ3) is 4.42. The first-order valence-corrected chi connectivity index (χ1v) is 9.66. The van der Waals surface area contributed by atoms with Crippen molar-refractivity contribution in [3.63, 3.8) is 0 Å². The van der Waals surface area contributed by atoms with E-state index in [1.165, 1.54) is 6.92 Å². The molecule has 28 heavy (non-hydrogen) atoms. The van der Waals surface area contributed by atoms with Crippen molar-refractivity contribution in [1.29, 1.82) is 0 Å². The summed E-state index contributed by atoms with van der Waals surface area (Å²) in [5, 5.41) is 12.5. The minimum absolute atomic E-state index is 0.153. The van der Waals surface area contributed by atoms with E-state index in [4.69, 9.17) is 9.52 Å². The number of furan rings is 1. The predicted molar refractivity (Wildman–Crippen MR) is 105 cm³/mol. The summed E-state index contributed by atoms with van der Waals surface area (Å²) in [6.07, 6.45) is 2.71. The van der Waals surface area contributed by atoms with E-state index in [1.54, 1.807) is 6.07 Å². The molecule has 1 aromatic heterocycles. The minimum Gasteiger partial charge on any atom is -0.481 e. The molecule has 0 aliphatic carbocycles. The predicted octanol–water partition coefficient (Wildman–Crippen LogP) is 3.54. The number of carbonyl (C=O) groups is 3. The number of aliphatic carboxylic acids is 1. The van der Waals surface area contributed by atoms with Gasteiger partial charge < -0.3 is 14.8 Å². The fraction of sp³-hybridized carbons (Fsp3) is 0.476. The number of carboxylic acids is 1. The molecule has 0 bridgehead atoms. The Bertz CT molecular complexity index is 888. The molecule has 0 saturated carbocycles. The van der Waals surface area contributed by atoms with E-state index in [0.29, 0.717) is 29.6 Å². The average molecular weight is 386 g/mol. The summed E-state index contributed by atoms with van der Waals surface area (Å²) in [7, 11) is 0. The Balaban J connectivity index is 1.72. The summed E-state index contributed by atoms with van der Waals surface area (Å²) in [6, 6.07) is 6.83. The molecule has 2 N–H and O–H groups in total. The van der Waals surface area contributed by atoms with Gasteiger partial charge in [0.2, 0.25) is 5.91 Å². The van der Waals surface area contributed by atoms with Crippen LogP contribution in [0, 0.1) is 5.92 Å². The van der Waals surface area contributed by atoms with Gasteiger partial charge in [-0.25, -0.2) is 0 Å². The number of ketones is 1. The zero-order valence-corrected chi connectivity index (χ0v) is 16.2. The van der Waals surface area contributed by atoms with Crippen molar-refractivity contribution < 1.29 is 23.9 Å². The number of nitrogens with zero attached hydrogens (tertiary/aromatic N) is 1. The van der Waals surface area contributed by atoms with Crippen molar-refractivity contribution in [2.75, 3.05) is 18.4 Å². The largest absolute Gasteiger partial charge is 0.481 e. The second-order valence-corrected chi connectivity index (χ2v) is 7.46. The molecule has 2 unspecified atom stereocenters. The fourth-order valence-corrected chi connectivity index (χ4v) is 3.82. The Kier molecular flexibility index (Phi) is 6.14. The maximum atomic E-state index is 12.9. The Morgan fingerprint density at radius 2 is 2.07 bits per heavy atom. The van der Waals surface area contributed by atoms with E-state index in [1.807, 2.05) is 25.1 Å². The van der Waals surface area contributed by atoms with Gasteiger partial charge in [-0.1, -0.05) is 12.1 Å². The lowest BCUT2D eigenvalue weighted by Gasteiger charge is -2.36. The average Bonchev–Trinajstić information content (AvgIpc) is 3.05. The van der Waals surface area contributed by atoms with Gasteiger partial charge in [0, 0.05) is 25.3 Å². The lowest BCUT2D eigenvalue weighted by atomic mass is 9.92. The van der Waals surface area contributed by atoms with Crippen LogP contribution in [-0.2, 0) is 9.59 Å². The Morgan fingerprint density at radius 1 is 1.32 bits per heavy atom. The molecule has 1 amide bonds. The molecular weight excluding hydrogens is 360 g/mol. The molecule has 2 heterocycles.